The SMILES string of the molecule is Cc1n[nH]c(=S)n1C1CCOC(C)(C)C1. The standard InChI is InChI=1S/C10H17N3OS/c1-7-11-12-9(15)13(7)8-4-5-14-10(2,3)6-8/h8H,4-6H2,1-3H3,(H,12,15). The molecule has 1 atom stereocenters. The van der Waals surface area contributed by atoms with E-state index < -0.39 is 0 Å². The topological polar surface area (TPSA) is 42.8 Å². The van der Waals surface area contributed by atoms with Crippen molar-refractivity contribution in [2.75, 3.05) is 6.61 Å². The molecule has 1 N–H and O–H groups in total. The summed E-state index contributed by atoms with van der Waals surface area (Å²) >= 11 is 5.23. The van der Waals surface area contributed by atoms with Crippen LogP contribution < -0.4 is 0 Å². The van der Waals surface area contributed by atoms with Crippen LogP contribution in [-0.2, 0) is 4.74 Å². The van der Waals surface area contributed by atoms with Gasteiger partial charge in [0, 0.05) is 12.6 Å². The van der Waals surface area contributed by atoms with Crippen molar-refractivity contribution in [3.05, 3.63) is 10.6 Å². The van der Waals surface area contributed by atoms with Crippen LogP contribution in [0.25, 0.3) is 0 Å². The third-order valence-corrected chi connectivity index (χ3v) is 3.20. The summed E-state index contributed by atoms with van der Waals surface area (Å²) in [5, 5.41) is 6.98. The Morgan fingerprint density at radius 3 is 2.87 bits per heavy atom. The van der Waals surface area contributed by atoms with E-state index in [0.717, 1.165) is 30.0 Å². The number of aromatic nitrogens is 3. The zero-order valence-electron chi connectivity index (χ0n) is 9.41. The molecule has 1 aliphatic heterocycles. The lowest BCUT2D eigenvalue weighted by Gasteiger charge is -2.36. The van der Waals surface area contributed by atoms with Crippen LogP contribution in [0.1, 0.15) is 38.6 Å². The first-order valence-electron chi connectivity index (χ1n) is 5.27. The van der Waals surface area contributed by atoms with Crippen molar-refractivity contribution in [2.45, 2.75) is 45.3 Å². The maximum absolute atomic E-state index is 5.70. The molecule has 0 saturated carbocycles. The molecule has 0 aromatic carbocycles. The Kier molecular flexibility index (Phi) is 2.68. The van der Waals surface area contributed by atoms with Gasteiger partial charge in [0.15, 0.2) is 4.77 Å². The predicted octanol–water partition coefficient (Wildman–Crippen LogP) is 2.38. The predicted molar refractivity (Wildman–Crippen MR) is 60.5 cm³/mol. The van der Waals surface area contributed by atoms with E-state index in [-0.39, 0.29) is 5.60 Å². The van der Waals surface area contributed by atoms with Crippen molar-refractivity contribution < 1.29 is 4.74 Å². The van der Waals surface area contributed by atoms with Gasteiger partial charge in [0.2, 0.25) is 0 Å². The molecule has 0 spiro atoms. The number of nitrogens with one attached hydrogen (secondary N) is 1. The molecule has 1 aromatic heterocycles. The lowest BCUT2D eigenvalue weighted by Crippen LogP contribution is -2.35. The van der Waals surface area contributed by atoms with Gasteiger partial charge in [-0.05, 0) is 45.8 Å². The average molecular weight is 227 g/mol. The summed E-state index contributed by atoms with van der Waals surface area (Å²) in [7, 11) is 0. The Morgan fingerprint density at radius 2 is 2.33 bits per heavy atom. The first-order valence-corrected chi connectivity index (χ1v) is 5.68. The molecule has 0 bridgehead atoms. The summed E-state index contributed by atoms with van der Waals surface area (Å²) in [4.78, 5) is 0. The molecule has 0 aliphatic carbocycles. The Labute approximate surface area is 94.6 Å². The highest BCUT2D eigenvalue weighted by molar-refractivity contribution is 7.71. The fourth-order valence-corrected chi connectivity index (χ4v) is 2.56. The molecular weight excluding hydrogens is 210 g/mol. The molecule has 15 heavy (non-hydrogen) atoms. The fraction of sp³-hybridized carbons (Fsp3) is 0.800. The molecule has 1 aromatic rings. The van der Waals surface area contributed by atoms with Crippen molar-refractivity contribution in [1.29, 1.82) is 0 Å². The van der Waals surface area contributed by atoms with Gasteiger partial charge in [-0.15, -0.1) is 0 Å². The van der Waals surface area contributed by atoms with Gasteiger partial charge in [0.25, 0.3) is 0 Å². The van der Waals surface area contributed by atoms with E-state index in [2.05, 4.69) is 28.6 Å². The highest BCUT2D eigenvalue weighted by Crippen LogP contribution is 2.32. The number of hydrogen-bond donors (Lipinski definition) is 1. The Hall–Kier alpha value is -0.680. The smallest absolute Gasteiger partial charge is 0.195 e. The fourth-order valence-electron chi connectivity index (χ4n) is 2.23. The molecule has 0 radical (unpaired) electrons. The molecule has 84 valence electrons. The lowest BCUT2D eigenvalue weighted by atomic mass is 9.94. The molecule has 0 amide bonds. The molecular formula is C10H17N3OS. The van der Waals surface area contributed by atoms with E-state index in [1.807, 2.05) is 6.92 Å². The minimum atomic E-state index is -0.0542. The number of aryl methyl sites for hydroxylation is 1. The van der Waals surface area contributed by atoms with Crippen LogP contribution in [0.2, 0.25) is 0 Å². The maximum Gasteiger partial charge on any atom is 0.195 e. The maximum atomic E-state index is 5.70. The summed E-state index contributed by atoms with van der Waals surface area (Å²) in [6.07, 6.45) is 2.00. The van der Waals surface area contributed by atoms with Gasteiger partial charge in [-0.1, -0.05) is 0 Å². The van der Waals surface area contributed by atoms with Gasteiger partial charge in [-0.2, -0.15) is 5.10 Å². The molecule has 1 saturated heterocycles. The number of rotatable bonds is 1. The van der Waals surface area contributed by atoms with Gasteiger partial charge in [0.05, 0.1) is 5.60 Å². The molecule has 2 rings (SSSR count). The van der Waals surface area contributed by atoms with E-state index in [9.17, 15) is 0 Å². The van der Waals surface area contributed by atoms with Crippen molar-refractivity contribution in [3.63, 3.8) is 0 Å². The van der Waals surface area contributed by atoms with E-state index in [1.165, 1.54) is 0 Å². The minimum Gasteiger partial charge on any atom is -0.375 e. The van der Waals surface area contributed by atoms with Gasteiger partial charge < -0.3 is 9.30 Å². The van der Waals surface area contributed by atoms with Crippen LogP contribution in [0.3, 0.4) is 0 Å². The summed E-state index contributed by atoms with van der Waals surface area (Å²) < 4.78 is 8.52. The van der Waals surface area contributed by atoms with E-state index in [0.29, 0.717) is 6.04 Å². The van der Waals surface area contributed by atoms with Gasteiger partial charge in [0.1, 0.15) is 5.82 Å². The largest absolute Gasteiger partial charge is 0.375 e. The van der Waals surface area contributed by atoms with Crippen LogP contribution in [0, 0.1) is 11.7 Å². The summed E-state index contributed by atoms with van der Waals surface area (Å²) in [5.41, 5.74) is -0.0542. The molecule has 4 nitrogen and oxygen atoms in total. The number of ether oxygens (including phenoxy) is 1. The number of H-pyrrole nitrogens is 1. The van der Waals surface area contributed by atoms with E-state index in [4.69, 9.17) is 17.0 Å². The van der Waals surface area contributed by atoms with Gasteiger partial charge >= 0.3 is 0 Å². The molecule has 1 fully saturated rings. The minimum absolute atomic E-state index is 0.0542. The van der Waals surface area contributed by atoms with Crippen LogP contribution >= 0.6 is 12.2 Å². The number of aromatic amines is 1. The zero-order chi connectivity index (χ0) is 11.1. The highest BCUT2D eigenvalue weighted by Gasteiger charge is 2.30. The van der Waals surface area contributed by atoms with E-state index >= 15 is 0 Å². The summed E-state index contributed by atoms with van der Waals surface area (Å²) in [5.74, 6) is 0.961. The van der Waals surface area contributed by atoms with Gasteiger partial charge in [-0.3, -0.25) is 5.10 Å². The first kappa shape index (κ1) is 10.8. The monoisotopic (exact) mass is 227 g/mol. The summed E-state index contributed by atoms with van der Waals surface area (Å²) in [6, 6.07) is 0.417. The van der Waals surface area contributed by atoms with E-state index in [1.54, 1.807) is 0 Å². The van der Waals surface area contributed by atoms with Crippen LogP contribution in [-0.4, -0.2) is 27.0 Å². The third-order valence-electron chi connectivity index (χ3n) is 2.92. The average Bonchev–Trinajstić information content (AvgIpc) is 2.44. The second-order valence-electron chi connectivity index (χ2n) is 4.70. The molecule has 1 aliphatic rings. The second-order valence-corrected chi connectivity index (χ2v) is 5.09. The number of hydrogen-bond acceptors (Lipinski definition) is 3. The second kappa shape index (κ2) is 3.72. The molecule has 2 heterocycles. The molecule has 5 heteroatoms. The Balaban J connectivity index is 2.28. The quantitative estimate of drug-likeness (QED) is 0.749. The van der Waals surface area contributed by atoms with Crippen molar-refractivity contribution in [2.24, 2.45) is 0 Å². The van der Waals surface area contributed by atoms with Crippen LogP contribution in [0.4, 0.5) is 0 Å². The normalized spacial score (nSPS) is 25.4. The number of nitrogens with zero attached hydrogens (tertiary/aromatic N) is 2. The molecule has 1 unspecified atom stereocenters. The third kappa shape index (κ3) is 2.13. The van der Waals surface area contributed by atoms with Crippen LogP contribution in [0.5, 0.6) is 0 Å². The zero-order valence-corrected chi connectivity index (χ0v) is 10.2. The van der Waals surface area contributed by atoms with Crippen molar-refractivity contribution >= 4 is 12.2 Å². The Morgan fingerprint density at radius 1 is 1.60 bits per heavy atom. The first-order chi connectivity index (χ1) is 6.99. The summed E-state index contributed by atoms with van der Waals surface area (Å²) in [6.45, 7) is 7.02. The van der Waals surface area contributed by atoms with Gasteiger partial charge in [-0.25, -0.2) is 0 Å². The Bertz CT molecular complexity index is 407. The van der Waals surface area contributed by atoms with Crippen molar-refractivity contribution in [1.82, 2.24) is 14.8 Å². The van der Waals surface area contributed by atoms with Crippen LogP contribution in [0.15, 0.2) is 0 Å². The highest BCUT2D eigenvalue weighted by atomic mass is 32.1. The van der Waals surface area contributed by atoms with Crippen molar-refractivity contribution in [3.8, 4) is 0 Å². The lowest BCUT2D eigenvalue weighted by molar-refractivity contribution is -0.0695.